The Labute approximate surface area is 82.0 Å². The largest absolute Gasteiger partial charge is 0.383 e. The number of nitrogens with one attached hydrogen (secondary N) is 1. The minimum Gasteiger partial charge on any atom is -0.383 e. The lowest BCUT2D eigenvalue weighted by molar-refractivity contribution is -0.121. The van der Waals surface area contributed by atoms with Gasteiger partial charge in [-0.25, -0.2) is 0 Å². The van der Waals surface area contributed by atoms with E-state index in [0.29, 0.717) is 19.6 Å². The Morgan fingerprint density at radius 1 is 1.67 bits per heavy atom. The molecule has 0 saturated carbocycles. The average molecular weight is 238 g/mol. The van der Waals surface area contributed by atoms with Crippen molar-refractivity contribution in [2.45, 2.75) is 24.6 Å². The number of carbonyl (C=O) groups excluding carboxylic acids is 1. The van der Waals surface area contributed by atoms with E-state index in [9.17, 15) is 4.79 Å². The quantitative estimate of drug-likeness (QED) is 0.708. The number of rotatable bonds is 6. The molecule has 4 heteroatoms. The first-order valence-corrected chi connectivity index (χ1v) is 5.02. The van der Waals surface area contributed by atoms with Crippen LogP contribution in [0.3, 0.4) is 0 Å². The van der Waals surface area contributed by atoms with Gasteiger partial charge in [0.15, 0.2) is 0 Å². The third kappa shape index (κ3) is 6.61. The fourth-order valence-electron chi connectivity index (χ4n) is 0.780. The lowest BCUT2D eigenvalue weighted by Crippen LogP contribution is -2.31. The van der Waals surface area contributed by atoms with Gasteiger partial charge in [-0.2, -0.15) is 0 Å². The number of amides is 1. The molecule has 1 amide bonds. The van der Waals surface area contributed by atoms with Crippen molar-refractivity contribution in [2.75, 3.05) is 20.3 Å². The number of ether oxygens (including phenoxy) is 1. The van der Waals surface area contributed by atoms with Crippen molar-refractivity contribution in [3.05, 3.63) is 0 Å². The van der Waals surface area contributed by atoms with Gasteiger partial charge >= 0.3 is 0 Å². The lowest BCUT2D eigenvalue weighted by Gasteiger charge is -2.09. The summed E-state index contributed by atoms with van der Waals surface area (Å²) in [6.07, 6.45) is 1.50. The first-order valence-electron chi connectivity index (χ1n) is 4.10. The minimum atomic E-state index is 0.109. The first-order chi connectivity index (χ1) is 5.70. The molecule has 0 aromatic carbocycles. The van der Waals surface area contributed by atoms with Crippen LogP contribution in [-0.2, 0) is 9.53 Å². The minimum absolute atomic E-state index is 0.109. The van der Waals surface area contributed by atoms with E-state index in [1.165, 1.54) is 0 Å². The fraction of sp³-hybridized carbons (Fsp3) is 0.875. The van der Waals surface area contributed by atoms with Crippen LogP contribution >= 0.6 is 15.9 Å². The number of hydrogen-bond acceptors (Lipinski definition) is 2. The molecule has 0 fully saturated rings. The molecule has 0 bridgehead atoms. The van der Waals surface area contributed by atoms with Gasteiger partial charge < -0.3 is 10.1 Å². The van der Waals surface area contributed by atoms with Gasteiger partial charge in [-0.3, -0.25) is 4.79 Å². The van der Waals surface area contributed by atoms with Crippen LogP contribution in [0.15, 0.2) is 0 Å². The van der Waals surface area contributed by atoms with Gasteiger partial charge in [0.1, 0.15) is 0 Å². The van der Waals surface area contributed by atoms with Gasteiger partial charge in [-0.1, -0.05) is 22.9 Å². The Morgan fingerprint density at radius 2 is 2.33 bits per heavy atom. The Balaban J connectivity index is 3.33. The first kappa shape index (κ1) is 11.9. The molecule has 0 spiro atoms. The fourth-order valence-corrected chi connectivity index (χ4v) is 1.21. The highest BCUT2D eigenvalue weighted by Gasteiger charge is 2.04. The monoisotopic (exact) mass is 237 g/mol. The summed E-state index contributed by atoms with van der Waals surface area (Å²) in [4.78, 5) is 11.2. The zero-order valence-corrected chi connectivity index (χ0v) is 9.19. The molecule has 1 atom stereocenters. The van der Waals surface area contributed by atoms with Crippen LogP contribution in [0, 0.1) is 0 Å². The van der Waals surface area contributed by atoms with Crippen LogP contribution < -0.4 is 5.32 Å². The van der Waals surface area contributed by atoms with Crippen molar-refractivity contribution >= 4 is 21.8 Å². The summed E-state index contributed by atoms with van der Waals surface area (Å²) in [5.74, 6) is 0.109. The maximum Gasteiger partial charge on any atom is 0.220 e. The summed E-state index contributed by atoms with van der Waals surface area (Å²) >= 11 is 3.38. The van der Waals surface area contributed by atoms with E-state index in [-0.39, 0.29) is 10.7 Å². The zero-order valence-electron chi connectivity index (χ0n) is 7.60. The van der Waals surface area contributed by atoms with Gasteiger partial charge in [0.25, 0.3) is 0 Å². The summed E-state index contributed by atoms with van der Waals surface area (Å²) in [6, 6.07) is 0. The van der Waals surface area contributed by atoms with Gasteiger partial charge in [0, 0.05) is 20.1 Å². The molecule has 0 saturated heterocycles. The van der Waals surface area contributed by atoms with Crippen LogP contribution in [0.25, 0.3) is 0 Å². The molecule has 0 radical (unpaired) electrons. The Hall–Kier alpha value is -0.0900. The predicted octanol–water partition coefficient (Wildman–Crippen LogP) is 1.31. The highest BCUT2D eigenvalue weighted by atomic mass is 79.9. The van der Waals surface area contributed by atoms with Crippen molar-refractivity contribution in [1.29, 1.82) is 0 Å². The molecule has 1 N–H and O–H groups in total. The number of halogens is 1. The van der Waals surface area contributed by atoms with Gasteiger partial charge in [-0.05, 0) is 6.42 Å². The Bertz CT molecular complexity index is 130. The summed E-state index contributed by atoms with van der Waals surface area (Å²) < 4.78 is 4.90. The topological polar surface area (TPSA) is 38.3 Å². The molecule has 3 nitrogen and oxygen atoms in total. The SMILES string of the molecule is CCCC(=O)NCC(Br)COC. The zero-order chi connectivity index (χ0) is 9.40. The van der Waals surface area contributed by atoms with E-state index in [1.54, 1.807) is 7.11 Å². The van der Waals surface area contributed by atoms with E-state index in [0.717, 1.165) is 6.42 Å². The summed E-state index contributed by atoms with van der Waals surface area (Å²) in [5.41, 5.74) is 0. The van der Waals surface area contributed by atoms with Crippen molar-refractivity contribution in [1.82, 2.24) is 5.32 Å². The van der Waals surface area contributed by atoms with Crippen molar-refractivity contribution in [3.63, 3.8) is 0 Å². The maximum atomic E-state index is 11.0. The second-order valence-electron chi connectivity index (χ2n) is 2.61. The molecule has 1 unspecified atom stereocenters. The number of hydrogen-bond donors (Lipinski definition) is 1. The van der Waals surface area contributed by atoms with Crippen LogP contribution in [0.4, 0.5) is 0 Å². The van der Waals surface area contributed by atoms with E-state index in [1.807, 2.05) is 6.92 Å². The Morgan fingerprint density at radius 3 is 2.83 bits per heavy atom. The molecular formula is C8H16BrNO2. The van der Waals surface area contributed by atoms with E-state index in [2.05, 4.69) is 21.2 Å². The van der Waals surface area contributed by atoms with Crippen LogP contribution in [-0.4, -0.2) is 31.0 Å². The summed E-state index contributed by atoms with van der Waals surface area (Å²) in [5, 5.41) is 2.80. The van der Waals surface area contributed by atoms with E-state index >= 15 is 0 Å². The van der Waals surface area contributed by atoms with Crippen LogP contribution in [0.5, 0.6) is 0 Å². The molecule has 0 aliphatic rings. The molecule has 0 aromatic rings. The van der Waals surface area contributed by atoms with E-state index < -0.39 is 0 Å². The molecule has 0 rings (SSSR count). The third-order valence-electron chi connectivity index (χ3n) is 1.35. The highest BCUT2D eigenvalue weighted by Crippen LogP contribution is 1.97. The van der Waals surface area contributed by atoms with Crippen molar-refractivity contribution in [3.8, 4) is 0 Å². The summed E-state index contributed by atoms with van der Waals surface area (Å²) in [7, 11) is 1.64. The molecule has 0 aromatic heterocycles. The molecule has 12 heavy (non-hydrogen) atoms. The molecular weight excluding hydrogens is 222 g/mol. The second kappa shape index (κ2) is 7.55. The number of alkyl halides is 1. The lowest BCUT2D eigenvalue weighted by atomic mass is 10.3. The smallest absolute Gasteiger partial charge is 0.220 e. The molecule has 0 aliphatic heterocycles. The van der Waals surface area contributed by atoms with E-state index in [4.69, 9.17) is 4.74 Å². The number of methoxy groups -OCH3 is 1. The van der Waals surface area contributed by atoms with Crippen LogP contribution in [0.1, 0.15) is 19.8 Å². The molecule has 0 heterocycles. The van der Waals surface area contributed by atoms with Gasteiger partial charge in [0.05, 0.1) is 11.4 Å². The number of carbonyl (C=O) groups is 1. The second-order valence-corrected chi connectivity index (χ2v) is 3.90. The van der Waals surface area contributed by atoms with Crippen molar-refractivity contribution in [2.24, 2.45) is 0 Å². The molecule has 0 aliphatic carbocycles. The molecule has 72 valence electrons. The van der Waals surface area contributed by atoms with Crippen LogP contribution in [0.2, 0.25) is 0 Å². The average Bonchev–Trinajstić information content (AvgIpc) is 2.02. The standard InChI is InChI=1S/C8H16BrNO2/c1-3-4-8(11)10-5-7(9)6-12-2/h7H,3-6H2,1-2H3,(H,10,11). The maximum absolute atomic E-state index is 11.0. The normalized spacial score (nSPS) is 12.6. The summed E-state index contributed by atoms with van der Waals surface area (Å²) in [6.45, 7) is 3.24. The van der Waals surface area contributed by atoms with Gasteiger partial charge in [-0.15, -0.1) is 0 Å². The third-order valence-corrected chi connectivity index (χ3v) is 1.93. The highest BCUT2D eigenvalue weighted by molar-refractivity contribution is 9.09. The van der Waals surface area contributed by atoms with Crippen molar-refractivity contribution < 1.29 is 9.53 Å². The Kier molecular flexibility index (Phi) is 7.50. The van der Waals surface area contributed by atoms with Gasteiger partial charge in [0.2, 0.25) is 5.91 Å². The predicted molar refractivity (Wildman–Crippen MR) is 52.5 cm³/mol.